The van der Waals surface area contributed by atoms with Gasteiger partial charge in [0.1, 0.15) is 6.04 Å². The Morgan fingerprint density at radius 3 is 3.00 bits per heavy atom. The lowest BCUT2D eigenvalue weighted by Gasteiger charge is -2.14. The number of carbonyl (C=O) groups is 1. The van der Waals surface area contributed by atoms with Crippen molar-refractivity contribution < 1.29 is 19.6 Å². The van der Waals surface area contributed by atoms with E-state index in [0.29, 0.717) is 13.0 Å². The fourth-order valence-electron chi connectivity index (χ4n) is 1.51. The van der Waals surface area contributed by atoms with Gasteiger partial charge in [-0.3, -0.25) is 10.1 Å². The highest BCUT2D eigenvalue weighted by Gasteiger charge is 2.22. The molecule has 1 heterocycles. The van der Waals surface area contributed by atoms with Gasteiger partial charge in [0, 0.05) is 26.0 Å². The number of hydrogen-bond donors (Lipinski definition) is 2. The van der Waals surface area contributed by atoms with Gasteiger partial charge in [-0.25, -0.2) is 9.78 Å². The Kier molecular flexibility index (Phi) is 5.68. The number of carboxylic acid groups (broad SMARTS) is 1. The van der Waals surface area contributed by atoms with Crippen molar-refractivity contribution in [3.8, 4) is 0 Å². The van der Waals surface area contributed by atoms with E-state index in [2.05, 4.69) is 10.3 Å². The third kappa shape index (κ3) is 4.51. The van der Waals surface area contributed by atoms with Crippen molar-refractivity contribution >= 4 is 17.5 Å². The summed E-state index contributed by atoms with van der Waals surface area (Å²) in [5, 5.41) is 22.4. The number of hydrogen-bond acceptors (Lipinski definition) is 6. The molecule has 0 amide bonds. The number of pyridine rings is 1. The van der Waals surface area contributed by atoms with Crippen molar-refractivity contribution in [3.63, 3.8) is 0 Å². The summed E-state index contributed by atoms with van der Waals surface area (Å²) in [6.45, 7) is 0.426. The second-order valence-corrected chi connectivity index (χ2v) is 3.80. The Morgan fingerprint density at radius 2 is 2.42 bits per heavy atom. The van der Waals surface area contributed by atoms with Gasteiger partial charge in [-0.05, 0) is 18.9 Å². The number of rotatable bonds is 8. The minimum Gasteiger partial charge on any atom is -0.480 e. The molecule has 0 aliphatic rings. The van der Waals surface area contributed by atoms with E-state index in [4.69, 9.17) is 9.84 Å². The molecule has 0 fully saturated rings. The number of aliphatic carboxylic acids is 1. The van der Waals surface area contributed by atoms with E-state index < -0.39 is 16.9 Å². The maximum atomic E-state index is 11.1. The molecule has 2 N–H and O–H groups in total. The van der Waals surface area contributed by atoms with Crippen LogP contribution in [0.5, 0.6) is 0 Å². The van der Waals surface area contributed by atoms with E-state index in [1.165, 1.54) is 25.4 Å². The molecule has 0 aliphatic heterocycles. The number of nitro groups is 1. The second kappa shape index (κ2) is 7.27. The highest BCUT2D eigenvalue weighted by molar-refractivity contribution is 5.77. The van der Waals surface area contributed by atoms with Crippen molar-refractivity contribution in [1.29, 1.82) is 0 Å². The number of nitrogens with zero attached hydrogens (tertiary/aromatic N) is 2. The van der Waals surface area contributed by atoms with Crippen LogP contribution in [0.4, 0.5) is 11.5 Å². The van der Waals surface area contributed by atoms with E-state index in [1.54, 1.807) is 0 Å². The third-order valence-corrected chi connectivity index (χ3v) is 2.43. The SMILES string of the molecule is COCCCC(Nc1ncccc1[N+](=O)[O-])C(=O)O. The predicted octanol–water partition coefficient (Wildman–Crippen LogP) is 1.28. The van der Waals surface area contributed by atoms with Gasteiger partial charge in [-0.2, -0.15) is 0 Å². The molecule has 1 aromatic rings. The zero-order valence-corrected chi connectivity index (χ0v) is 10.4. The molecule has 1 rings (SSSR count). The summed E-state index contributed by atoms with van der Waals surface area (Å²) in [5.74, 6) is -1.13. The van der Waals surface area contributed by atoms with Crippen LogP contribution in [-0.4, -0.2) is 40.7 Å². The van der Waals surface area contributed by atoms with Crippen LogP contribution in [0.3, 0.4) is 0 Å². The Bertz CT molecular complexity index is 452. The van der Waals surface area contributed by atoms with Gasteiger partial charge in [0.15, 0.2) is 0 Å². The van der Waals surface area contributed by atoms with Crippen molar-refractivity contribution in [2.75, 3.05) is 19.0 Å². The number of nitrogens with one attached hydrogen (secondary N) is 1. The van der Waals surface area contributed by atoms with Crippen LogP contribution in [-0.2, 0) is 9.53 Å². The lowest BCUT2D eigenvalue weighted by atomic mass is 10.1. The van der Waals surface area contributed by atoms with Gasteiger partial charge in [0.25, 0.3) is 0 Å². The first-order valence-electron chi connectivity index (χ1n) is 5.64. The summed E-state index contributed by atoms with van der Waals surface area (Å²) >= 11 is 0. The molecule has 8 nitrogen and oxygen atoms in total. The first-order valence-corrected chi connectivity index (χ1v) is 5.64. The zero-order valence-electron chi connectivity index (χ0n) is 10.4. The molecule has 0 aromatic carbocycles. The topological polar surface area (TPSA) is 115 Å². The number of carboxylic acids is 1. The van der Waals surface area contributed by atoms with Crippen LogP contribution in [0.25, 0.3) is 0 Å². The molecule has 1 atom stereocenters. The molecule has 0 aliphatic carbocycles. The fourth-order valence-corrected chi connectivity index (χ4v) is 1.51. The largest absolute Gasteiger partial charge is 0.480 e. The smallest absolute Gasteiger partial charge is 0.326 e. The van der Waals surface area contributed by atoms with Gasteiger partial charge in [0.2, 0.25) is 5.82 Å². The van der Waals surface area contributed by atoms with Gasteiger partial charge >= 0.3 is 11.7 Å². The average Bonchev–Trinajstić information content (AvgIpc) is 2.38. The normalized spacial score (nSPS) is 11.8. The van der Waals surface area contributed by atoms with Gasteiger partial charge < -0.3 is 15.2 Å². The van der Waals surface area contributed by atoms with Crippen LogP contribution in [0.2, 0.25) is 0 Å². The second-order valence-electron chi connectivity index (χ2n) is 3.80. The number of aromatic nitrogens is 1. The average molecular weight is 269 g/mol. The first-order chi connectivity index (χ1) is 9.06. The summed E-state index contributed by atoms with van der Waals surface area (Å²) in [7, 11) is 1.52. The maximum Gasteiger partial charge on any atom is 0.326 e. The molecule has 0 bridgehead atoms. The molecular formula is C11H15N3O5. The van der Waals surface area contributed by atoms with Crippen LogP contribution in [0.1, 0.15) is 12.8 Å². The van der Waals surface area contributed by atoms with Crippen LogP contribution < -0.4 is 5.32 Å². The van der Waals surface area contributed by atoms with Crippen molar-refractivity contribution in [3.05, 3.63) is 28.4 Å². The lowest BCUT2D eigenvalue weighted by Crippen LogP contribution is -2.30. The Balaban J connectivity index is 2.79. The lowest BCUT2D eigenvalue weighted by molar-refractivity contribution is -0.384. The molecule has 0 saturated heterocycles. The van der Waals surface area contributed by atoms with Crippen molar-refractivity contribution in [2.24, 2.45) is 0 Å². The molecule has 0 saturated carbocycles. The summed E-state index contributed by atoms with van der Waals surface area (Å²) in [6, 6.07) is 1.75. The highest BCUT2D eigenvalue weighted by atomic mass is 16.6. The summed E-state index contributed by atoms with van der Waals surface area (Å²) in [4.78, 5) is 25.1. The minimum absolute atomic E-state index is 0.0442. The molecule has 19 heavy (non-hydrogen) atoms. The molecular weight excluding hydrogens is 254 g/mol. The molecule has 8 heteroatoms. The molecule has 104 valence electrons. The minimum atomic E-state index is -1.09. The molecule has 0 radical (unpaired) electrons. The van der Waals surface area contributed by atoms with Gasteiger partial charge in [-0.1, -0.05) is 0 Å². The van der Waals surface area contributed by atoms with Gasteiger partial charge in [-0.15, -0.1) is 0 Å². The molecule has 1 aromatic heterocycles. The molecule has 0 spiro atoms. The number of anilines is 1. The van der Waals surface area contributed by atoms with E-state index in [-0.39, 0.29) is 17.9 Å². The summed E-state index contributed by atoms with van der Waals surface area (Å²) in [5.41, 5.74) is -0.250. The standard InChI is InChI=1S/C11H15N3O5/c1-19-7-3-4-8(11(15)16)13-10-9(14(17)18)5-2-6-12-10/h2,5-6,8H,3-4,7H2,1H3,(H,12,13)(H,15,16). The summed E-state index contributed by atoms with van der Waals surface area (Å²) < 4.78 is 4.84. The Morgan fingerprint density at radius 1 is 1.68 bits per heavy atom. The third-order valence-electron chi connectivity index (χ3n) is 2.43. The van der Waals surface area contributed by atoms with E-state index in [9.17, 15) is 14.9 Å². The van der Waals surface area contributed by atoms with E-state index in [0.717, 1.165) is 0 Å². The quantitative estimate of drug-likeness (QED) is 0.415. The van der Waals surface area contributed by atoms with Gasteiger partial charge in [0.05, 0.1) is 4.92 Å². The van der Waals surface area contributed by atoms with E-state index >= 15 is 0 Å². The summed E-state index contributed by atoms with van der Waals surface area (Å²) in [6.07, 6.45) is 2.18. The van der Waals surface area contributed by atoms with Crippen molar-refractivity contribution in [1.82, 2.24) is 4.98 Å². The Labute approximate surface area is 109 Å². The van der Waals surface area contributed by atoms with Crippen LogP contribution >= 0.6 is 0 Å². The number of ether oxygens (including phenoxy) is 1. The number of methoxy groups -OCH3 is 1. The van der Waals surface area contributed by atoms with Crippen LogP contribution in [0.15, 0.2) is 18.3 Å². The van der Waals surface area contributed by atoms with E-state index in [1.807, 2.05) is 0 Å². The fraction of sp³-hybridized carbons (Fsp3) is 0.455. The Hall–Kier alpha value is -2.22. The zero-order chi connectivity index (χ0) is 14.3. The van der Waals surface area contributed by atoms with Crippen LogP contribution in [0, 0.1) is 10.1 Å². The predicted molar refractivity (Wildman–Crippen MR) is 67.0 cm³/mol. The van der Waals surface area contributed by atoms with Crippen molar-refractivity contribution in [2.45, 2.75) is 18.9 Å². The first kappa shape index (κ1) is 14.8. The monoisotopic (exact) mass is 269 g/mol. The maximum absolute atomic E-state index is 11.1. The molecule has 1 unspecified atom stereocenters. The highest BCUT2D eigenvalue weighted by Crippen LogP contribution is 2.21.